The summed E-state index contributed by atoms with van der Waals surface area (Å²) in [5, 5.41) is 0. The lowest BCUT2D eigenvalue weighted by atomic mass is 10.7. The minimum atomic E-state index is -3.70. The van der Waals surface area contributed by atoms with Crippen LogP contribution in [0.4, 0.5) is 0 Å². The lowest BCUT2D eigenvalue weighted by molar-refractivity contribution is -0.146. The van der Waals surface area contributed by atoms with Gasteiger partial charge in [-0.15, -0.1) is 0 Å². The van der Waals surface area contributed by atoms with Crippen molar-refractivity contribution in [2.45, 2.75) is 0 Å². The zero-order valence-electron chi connectivity index (χ0n) is 8.70. The molecule has 0 aliphatic rings. The Balaban J connectivity index is 3.68. The van der Waals surface area contributed by atoms with Gasteiger partial charge in [-0.25, -0.2) is 4.79 Å². The van der Waals surface area contributed by atoms with Crippen molar-refractivity contribution in [1.29, 1.82) is 0 Å². The van der Waals surface area contributed by atoms with Gasteiger partial charge in [-0.1, -0.05) is 0 Å². The lowest BCUT2D eigenvalue weighted by Gasteiger charge is -2.04. The number of carbonyl (C=O) groups is 1. The van der Waals surface area contributed by atoms with Gasteiger partial charge in [-0.2, -0.15) is 16.8 Å². The predicted octanol–water partition coefficient (Wildman–Crippen LogP) is -1.52. The fraction of sp³-hybridized carbons (Fsp3) is 0.833. The molecule has 0 fully saturated rings. The largest absolute Gasteiger partial charge is 0.461 e. The molecule has 0 aromatic carbocycles. The fourth-order valence-corrected chi connectivity index (χ4v) is 1.22. The highest BCUT2D eigenvalue weighted by Crippen LogP contribution is 1.90. The molecule has 0 heterocycles. The Morgan fingerprint density at radius 2 is 1.44 bits per heavy atom. The number of rotatable bonds is 7. The second kappa shape index (κ2) is 6.13. The Kier molecular flexibility index (Phi) is 5.86. The van der Waals surface area contributed by atoms with Crippen molar-refractivity contribution in [3.05, 3.63) is 0 Å². The van der Waals surface area contributed by atoms with Gasteiger partial charge in [-0.3, -0.25) is 8.37 Å². The molecule has 0 spiro atoms. The summed E-state index contributed by atoms with van der Waals surface area (Å²) in [6.07, 6.45) is 1.63. The molecular formula is C6H12O8S2. The van der Waals surface area contributed by atoms with E-state index in [2.05, 4.69) is 13.1 Å². The maximum absolute atomic E-state index is 10.8. The van der Waals surface area contributed by atoms with Crippen molar-refractivity contribution >= 4 is 26.2 Å². The third-order valence-electron chi connectivity index (χ3n) is 1.03. The Morgan fingerprint density at radius 1 is 0.938 bits per heavy atom. The molecule has 0 saturated carbocycles. The summed E-state index contributed by atoms with van der Waals surface area (Å²) in [5.74, 6) is -0.928. The highest BCUT2D eigenvalue weighted by molar-refractivity contribution is 7.86. The summed E-state index contributed by atoms with van der Waals surface area (Å²) in [4.78, 5) is 10.8. The van der Waals surface area contributed by atoms with Crippen LogP contribution >= 0.6 is 0 Å². The van der Waals surface area contributed by atoms with Crippen molar-refractivity contribution in [3.8, 4) is 0 Å². The number of hydrogen-bond donors (Lipinski definition) is 0. The van der Waals surface area contributed by atoms with Crippen molar-refractivity contribution in [3.63, 3.8) is 0 Å². The summed E-state index contributed by atoms with van der Waals surface area (Å²) < 4.78 is 54.7. The third kappa shape index (κ3) is 11.4. The zero-order valence-corrected chi connectivity index (χ0v) is 10.3. The van der Waals surface area contributed by atoms with E-state index in [1.165, 1.54) is 0 Å². The van der Waals surface area contributed by atoms with Crippen molar-refractivity contribution < 1.29 is 34.7 Å². The van der Waals surface area contributed by atoms with E-state index >= 15 is 0 Å². The summed E-state index contributed by atoms with van der Waals surface area (Å²) >= 11 is 0. The molecule has 0 aromatic rings. The molecule has 0 aliphatic carbocycles. The molecule has 0 saturated heterocycles. The van der Waals surface area contributed by atoms with Crippen LogP contribution in [0.15, 0.2) is 0 Å². The van der Waals surface area contributed by atoms with Gasteiger partial charge in [0.05, 0.1) is 12.5 Å². The van der Waals surface area contributed by atoms with Gasteiger partial charge in [0.25, 0.3) is 20.2 Å². The fourth-order valence-electron chi connectivity index (χ4n) is 0.538. The Labute approximate surface area is 93.7 Å². The van der Waals surface area contributed by atoms with Gasteiger partial charge in [0.15, 0.2) is 6.61 Å². The zero-order chi connectivity index (χ0) is 12.8. The molecule has 0 unspecified atom stereocenters. The Bertz CT molecular complexity index is 419. The molecule has 0 aliphatic heterocycles. The second-order valence-electron chi connectivity index (χ2n) is 2.71. The molecule has 0 atom stereocenters. The summed E-state index contributed by atoms with van der Waals surface area (Å²) in [5.41, 5.74) is 0. The van der Waals surface area contributed by atoms with Gasteiger partial charge >= 0.3 is 5.97 Å². The lowest BCUT2D eigenvalue weighted by Crippen LogP contribution is -2.18. The molecule has 0 aromatic heterocycles. The van der Waals surface area contributed by atoms with Gasteiger partial charge in [-0.05, 0) is 0 Å². The molecule has 10 heteroatoms. The van der Waals surface area contributed by atoms with Crippen molar-refractivity contribution in [2.75, 3.05) is 32.3 Å². The van der Waals surface area contributed by atoms with E-state index in [9.17, 15) is 21.6 Å². The van der Waals surface area contributed by atoms with Gasteiger partial charge in [0.2, 0.25) is 0 Å². The first-order chi connectivity index (χ1) is 7.10. The van der Waals surface area contributed by atoms with Crippen LogP contribution in [0.3, 0.4) is 0 Å². The van der Waals surface area contributed by atoms with E-state index < -0.39 is 32.8 Å². The molecule has 0 rings (SSSR count). The van der Waals surface area contributed by atoms with Gasteiger partial charge < -0.3 is 4.74 Å². The predicted molar refractivity (Wildman–Crippen MR) is 52.6 cm³/mol. The number of esters is 1. The van der Waals surface area contributed by atoms with Gasteiger partial charge in [0, 0.05) is 0 Å². The minimum absolute atomic E-state index is 0.307. The Hall–Kier alpha value is -0.710. The first-order valence-corrected chi connectivity index (χ1v) is 7.58. The van der Waals surface area contributed by atoms with Gasteiger partial charge in [0.1, 0.15) is 13.2 Å². The smallest absolute Gasteiger partial charge is 0.333 e. The van der Waals surface area contributed by atoms with E-state index in [0.29, 0.717) is 0 Å². The molecule has 8 nitrogen and oxygen atoms in total. The SMILES string of the molecule is CS(=O)(=O)OCCOC(=O)COS(C)(=O)=O. The monoisotopic (exact) mass is 276 g/mol. The van der Waals surface area contributed by atoms with E-state index in [1.807, 2.05) is 0 Å². The normalized spacial score (nSPS) is 12.4. The van der Waals surface area contributed by atoms with Crippen LogP contribution in [0.2, 0.25) is 0 Å². The van der Waals surface area contributed by atoms with E-state index in [1.54, 1.807) is 0 Å². The molecule has 0 bridgehead atoms. The van der Waals surface area contributed by atoms with Crippen LogP contribution in [0, 0.1) is 0 Å². The van der Waals surface area contributed by atoms with E-state index in [-0.39, 0.29) is 13.2 Å². The first kappa shape index (κ1) is 15.3. The second-order valence-corrected chi connectivity index (χ2v) is 6.00. The summed E-state index contributed by atoms with van der Waals surface area (Å²) in [6, 6.07) is 0. The summed E-state index contributed by atoms with van der Waals surface area (Å²) in [6.45, 7) is -1.39. The number of ether oxygens (including phenoxy) is 1. The van der Waals surface area contributed by atoms with E-state index in [4.69, 9.17) is 0 Å². The highest BCUT2D eigenvalue weighted by atomic mass is 32.2. The highest BCUT2D eigenvalue weighted by Gasteiger charge is 2.09. The standard InChI is InChI=1S/C6H12O8S2/c1-15(8,9)13-4-3-12-6(7)5-14-16(2,10)11/h3-5H2,1-2H3. The molecule has 0 N–H and O–H groups in total. The third-order valence-corrected chi connectivity index (χ3v) is 2.18. The Morgan fingerprint density at radius 3 is 1.88 bits per heavy atom. The maximum atomic E-state index is 10.8. The van der Waals surface area contributed by atoms with Crippen LogP contribution in [-0.4, -0.2) is 55.1 Å². The topological polar surface area (TPSA) is 113 Å². The molecule has 0 radical (unpaired) electrons. The quantitative estimate of drug-likeness (QED) is 0.313. The summed E-state index contributed by atoms with van der Waals surface area (Å²) in [7, 11) is -7.28. The number of carbonyl (C=O) groups excluding carboxylic acids is 1. The van der Waals surface area contributed by atoms with Crippen LogP contribution < -0.4 is 0 Å². The van der Waals surface area contributed by atoms with Crippen LogP contribution in [-0.2, 0) is 38.1 Å². The molecule has 16 heavy (non-hydrogen) atoms. The van der Waals surface area contributed by atoms with Crippen molar-refractivity contribution in [2.24, 2.45) is 0 Å². The van der Waals surface area contributed by atoms with Crippen molar-refractivity contribution in [1.82, 2.24) is 0 Å². The van der Waals surface area contributed by atoms with Crippen LogP contribution in [0.5, 0.6) is 0 Å². The average Bonchev–Trinajstić information content (AvgIpc) is 2.06. The molecular weight excluding hydrogens is 264 g/mol. The molecule has 0 amide bonds. The van der Waals surface area contributed by atoms with Crippen LogP contribution in [0.25, 0.3) is 0 Å². The first-order valence-electron chi connectivity index (χ1n) is 3.94. The van der Waals surface area contributed by atoms with Crippen LogP contribution in [0.1, 0.15) is 0 Å². The minimum Gasteiger partial charge on any atom is -0.461 e. The average molecular weight is 276 g/mol. The number of hydrogen-bond acceptors (Lipinski definition) is 8. The maximum Gasteiger partial charge on any atom is 0.333 e. The van der Waals surface area contributed by atoms with E-state index in [0.717, 1.165) is 12.5 Å². The molecule has 96 valence electrons.